The normalized spacial score (nSPS) is 16.6. The van der Waals surface area contributed by atoms with Gasteiger partial charge in [0.25, 0.3) is 0 Å². The second kappa shape index (κ2) is 14.7. The Hall–Kier alpha value is -4.19. The lowest BCUT2D eigenvalue weighted by molar-refractivity contribution is 0.0241. The predicted molar refractivity (Wildman–Crippen MR) is 196 cm³/mol. The average Bonchev–Trinajstić information content (AvgIpc) is 3.54. The molecule has 1 aliphatic heterocycles. The molecule has 0 aliphatic carbocycles. The van der Waals surface area contributed by atoms with Crippen LogP contribution in [0.1, 0.15) is 27.2 Å². The third kappa shape index (κ3) is 7.39. The number of nitrogens with zero attached hydrogens (tertiary/aromatic N) is 1. The van der Waals surface area contributed by atoms with Crippen LogP contribution in [-0.2, 0) is 13.9 Å². The fourth-order valence-corrected chi connectivity index (χ4v) is 13.1. The van der Waals surface area contributed by atoms with Gasteiger partial charge in [-0.15, -0.1) is 0 Å². The van der Waals surface area contributed by atoms with E-state index in [1.807, 2.05) is 69.3 Å². The summed E-state index contributed by atoms with van der Waals surface area (Å²) in [5.41, 5.74) is -1.31. The van der Waals surface area contributed by atoms with Gasteiger partial charge in [0, 0.05) is 35.0 Å². The zero-order chi connectivity index (χ0) is 35.4. The highest BCUT2D eigenvalue weighted by molar-refractivity contribution is 7.79. The van der Waals surface area contributed by atoms with Crippen LogP contribution in [0.5, 0.6) is 23.0 Å². The minimum Gasteiger partial charge on any atom is -0.497 e. The molecule has 1 fully saturated rings. The Labute approximate surface area is 289 Å². The topological polar surface area (TPSA) is 101 Å². The predicted octanol–water partition coefficient (Wildman–Crippen LogP) is 6.43. The van der Waals surface area contributed by atoms with E-state index in [0.717, 1.165) is 0 Å². The zero-order valence-electron chi connectivity index (χ0n) is 29.1. The molecule has 260 valence electrons. The Morgan fingerprint density at radius 3 is 1.55 bits per heavy atom. The number of benzene rings is 4. The van der Waals surface area contributed by atoms with Crippen molar-refractivity contribution < 1.29 is 37.6 Å². The van der Waals surface area contributed by atoms with E-state index in [0.29, 0.717) is 50.6 Å². The molecular formula is C38H45NO8P2. The van der Waals surface area contributed by atoms with E-state index in [1.165, 1.54) is 0 Å². The van der Waals surface area contributed by atoms with Crippen molar-refractivity contribution in [3.05, 3.63) is 97.1 Å². The minimum absolute atomic E-state index is 0.0503. The number of likely N-dealkylation sites (tertiary alicyclic amines) is 1. The second-order valence-corrected chi connectivity index (χ2v) is 18.9. The smallest absolute Gasteiger partial charge is 0.410 e. The molecule has 4 aromatic rings. The molecule has 0 unspecified atom stereocenters. The van der Waals surface area contributed by atoms with Crippen LogP contribution in [0.4, 0.5) is 4.79 Å². The van der Waals surface area contributed by atoms with E-state index < -0.39 is 37.7 Å². The second-order valence-electron chi connectivity index (χ2n) is 13.0. The summed E-state index contributed by atoms with van der Waals surface area (Å²) < 4.78 is 59.7. The van der Waals surface area contributed by atoms with Crippen molar-refractivity contribution in [3.63, 3.8) is 0 Å². The lowest BCUT2D eigenvalue weighted by Gasteiger charge is -2.31. The summed E-state index contributed by atoms with van der Waals surface area (Å²) in [7, 11) is -0.756. The van der Waals surface area contributed by atoms with E-state index in [9.17, 15) is 4.79 Å². The average molecular weight is 706 g/mol. The first kappa shape index (κ1) is 36.1. The maximum atomic E-state index is 15.8. The maximum Gasteiger partial charge on any atom is 0.410 e. The zero-order valence-corrected chi connectivity index (χ0v) is 30.9. The Morgan fingerprint density at radius 1 is 0.694 bits per heavy atom. The van der Waals surface area contributed by atoms with Gasteiger partial charge in [-0.3, -0.25) is 0 Å². The molecular weight excluding hydrogens is 660 g/mol. The van der Waals surface area contributed by atoms with Crippen molar-refractivity contribution in [1.29, 1.82) is 0 Å². The third-order valence-electron chi connectivity index (χ3n) is 8.86. The van der Waals surface area contributed by atoms with Gasteiger partial charge in [-0.25, -0.2) is 4.79 Å². The quantitative estimate of drug-likeness (QED) is 0.165. The van der Waals surface area contributed by atoms with Gasteiger partial charge < -0.3 is 37.7 Å². The Balaban J connectivity index is 1.67. The van der Waals surface area contributed by atoms with Crippen LogP contribution in [0.15, 0.2) is 97.1 Å². The van der Waals surface area contributed by atoms with Crippen molar-refractivity contribution in [3.8, 4) is 23.0 Å². The van der Waals surface area contributed by atoms with Crippen LogP contribution >= 0.6 is 14.3 Å². The molecule has 1 amide bonds. The van der Waals surface area contributed by atoms with Gasteiger partial charge in [0.15, 0.2) is 7.14 Å². The van der Waals surface area contributed by atoms with E-state index in [4.69, 9.17) is 23.7 Å². The van der Waals surface area contributed by atoms with Crippen LogP contribution < -0.4 is 40.2 Å². The molecule has 0 radical (unpaired) electrons. The lowest BCUT2D eigenvalue weighted by Crippen LogP contribution is -2.42. The SMILES string of the molecule is COc1ccc(P(=O)(c2ccc(OC)cc2)[C@H]2C[C@@H](CP(=O)(c3ccccc3OC)c3ccccc3OC)N(C(=O)OC(C)(C)C)C2)cc1. The number of hydrogen-bond donors (Lipinski definition) is 0. The summed E-state index contributed by atoms with van der Waals surface area (Å²) in [5.74, 6) is 2.22. The maximum absolute atomic E-state index is 15.8. The number of methoxy groups -OCH3 is 4. The van der Waals surface area contributed by atoms with Gasteiger partial charge in [0.05, 0.1) is 39.0 Å². The summed E-state index contributed by atoms with van der Waals surface area (Å²) in [4.78, 5) is 15.6. The fraction of sp³-hybridized carbons (Fsp3) is 0.342. The largest absolute Gasteiger partial charge is 0.497 e. The van der Waals surface area contributed by atoms with E-state index in [1.54, 1.807) is 81.9 Å². The first-order valence-corrected chi connectivity index (χ1v) is 19.8. The standard InChI is InChI=1S/C38H45NO8P2/c1-38(2,3)47-37(40)39-25-32(49(42,30-20-16-28(43-4)17-21-30)31-22-18-29(44-5)19-23-31)24-27(39)26-48(41,35-14-10-8-12-33(35)45-6)36-15-11-9-13-34(36)46-7/h8-23,27,32H,24-26H2,1-7H3/t27-,32-/m0/s1. The number of rotatable bonds is 11. The molecule has 1 aliphatic rings. The highest BCUT2D eigenvalue weighted by Gasteiger charge is 2.50. The molecule has 0 saturated carbocycles. The molecule has 49 heavy (non-hydrogen) atoms. The van der Waals surface area contributed by atoms with Crippen molar-refractivity contribution in [2.24, 2.45) is 0 Å². The van der Waals surface area contributed by atoms with Gasteiger partial charge in [0.2, 0.25) is 0 Å². The first-order valence-electron chi connectivity index (χ1n) is 16.1. The molecule has 5 rings (SSSR count). The van der Waals surface area contributed by atoms with Gasteiger partial charge in [0.1, 0.15) is 35.7 Å². The van der Waals surface area contributed by atoms with Gasteiger partial charge in [-0.05, 0) is 100.0 Å². The summed E-state index contributed by atoms with van der Waals surface area (Å²) in [5, 5.41) is 2.29. The van der Waals surface area contributed by atoms with E-state index in [2.05, 4.69) is 0 Å². The lowest BCUT2D eigenvalue weighted by atomic mass is 10.2. The molecule has 0 spiro atoms. The molecule has 11 heteroatoms. The summed E-state index contributed by atoms with van der Waals surface area (Å²) in [6.07, 6.45) is -0.194. The summed E-state index contributed by atoms with van der Waals surface area (Å²) in [6, 6.07) is 28.3. The molecule has 1 heterocycles. The highest BCUT2D eigenvalue weighted by Crippen LogP contribution is 2.56. The number of para-hydroxylation sites is 2. The fourth-order valence-electron chi connectivity index (χ4n) is 6.53. The number of amides is 1. The molecule has 1 saturated heterocycles. The van der Waals surface area contributed by atoms with Gasteiger partial charge >= 0.3 is 6.09 Å². The monoisotopic (exact) mass is 705 g/mol. The van der Waals surface area contributed by atoms with Gasteiger partial charge in [-0.1, -0.05) is 24.3 Å². The Kier molecular flexibility index (Phi) is 10.9. The van der Waals surface area contributed by atoms with Crippen molar-refractivity contribution >= 4 is 41.6 Å². The molecule has 9 nitrogen and oxygen atoms in total. The molecule has 0 bridgehead atoms. The molecule has 0 aromatic heterocycles. The van der Waals surface area contributed by atoms with Crippen molar-refractivity contribution in [2.45, 2.75) is 44.5 Å². The van der Waals surface area contributed by atoms with Crippen LogP contribution in [-0.4, -0.2) is 69.4 Å². The number of ether oxygens (including phenoxy) is 5. The molecule has 2 atom stereocenters. The summed E-state index contributed by atoms with van der Waals surface area (Å²) >= 11 is 0. The van der Waals surface area contributed by atoms with E-state index >= 15 is 9.13 Å². The number of carbonyl (C=O) groups is 1. The van der Waals surface area contributed by atoms with Gasteiger partial charge in [-0.2, -0.15) is 0 Å². The summed E-state index contributed by atoms with van der Waals surface area (Å²) in [6.45, 7) is 5.55. The minimum atomic E-state index is -3.58. The highest BCUT2D eigenvalue weighted by atomic mass is 31.2. The molecule has 0 N–H and O–H groups in total. The Morgan fingerprint density at radius 2 is 1.14 bits per heavy atom. The van der Waals surface area contributed by atoms with Crippen LogP contribution in [0, 0.1) is 0 Å². The first-order chi connectivity index (χ1) is 23.4. The Bertz CT molecular complexity index is 1750. The molecule has 4 aromatic carbocycles. The van der Waals surface area contributed by atoms with E-state index in [-0.39, 0.29) is 12.7 Å². The van der Waals surface area contributed by atoms with Crippen LogP contribution in [0.25, 0.3) is 0 Å². The number of carbonyl (C=O) groups excluding carboxylic acids is 1. The third-order valence-corrected chi connectivity index (χ3v) is 15.6. The van der Waals surface area contributed by atoms with Crippen molar-refractivity contribution in [1.82, 2.24) is 4.90 Å². The van der Waals surface area contributed by atoms with Crippen molar-refractivity contribution in [2.75, 3.05) is 41.1 Å². The van der Waals surface area contributed by atoms with Crippen LogP contribution in [0.2, 0.25) is 0 Å². The van der Waals surface area contributed by atoms with Crippen LogP contribution in [0.3, 0.4) is 0 Å². The number of hydrogen-bond acceptors (Lipinski definition) is 8.